The first-order valence-corrected chi connectivity index (χ1v) is 10.5. The van der Waals surface area contributed by atoms with Gasteiger partial charge in [0, 0.05) is 26.1 Å². The molecule has 8 heteroatoms. The number of carbonyl (C=O) groups excluding carboxylic acids is 2. The summed E-state index contributed by atoms with van der Waals surface area (Å²) >= 11 is 0. The van der Waals surface area contributed by atoms with Gasteiger partial charge < -0.3 is 14.6 Å². The van der Waals surface area contributed by atoms with Crippen LogP contribution in [0.15, 0.2) is 16.7 Å². The summed E-state index contributed by atoms with van der Waals surface area (Å²) in [4.78, 5) is 31.7. The largest absolute Gasteiger partial charge is 0.446 e. The molecule has 0 spiro atoms. The van der Waals surface area contributed by atoms with Crippen molar-refractivity contribution in [3.8, 4) is 0 Å². The van der Waals surface area contributed by atoms with Crippen molar-refractivity contribution in [3.63, 3.8) is 0 Å². The number of amides is 2. The molecule has 8 nitrogen and oxygen atoms in total. The van der Waals surface area contributed by atoms with Crippen molar-refractivity contribution >= 4 is 11.8 Å². The van der Waals surface area contributed by atoms with Gasteiger partial charge in [-0.2, -0.15) is 5.10 Å². The van der Waals surface area contributed by atoms with Crippen molar-refractivity contribution in [3.05, 3.63) is 35.3 Å². The second kappa shape index (κ2) is 8.00. The number of aryl methyl sites for hydroxylation is 1. The number of rotatable bonds is 7. The topological polar surface area (TPSA) is 93.3 Å². The Kier molecular flexibility index (Phi) is 5.43. The molecule has 4 rings (SSSR count). The highest BCUT2D eigenvalue weighted by molar-refractivity contribution is 5.93. The van der Waals surface area contributed by atoms with Crippen LogP contribution in [0.4, 0.5) is 0 Å². The first kappa shape index (κ1) is 19.7. The molecule has 2 aliphatic rings. The van der Waals surface area contributed by atoms with E-state index in [2.05, 4.69) is 29.2 Å². The van der Waals surface area contributed by atoms with Crippen LogP contribution in [0.1, 0.15) is 90.5 Å². The van der Waals surface area contributed by atoms with Gasteiger partial charge in [-0.05, 0) is 44.1 Å². The van der Waals surface area contributed by atoms with Crippen LogP contribution in [0.25, 0.3) is 0 Å². The van der Waals surface area contributed by atoms with E-state index in [0.717, 1.165) is 44.5 Å². The predicted molar refractivity (Wildman–Crippen MR) is 106 cm³/mol. The molecule has 2 aromatic rings. The summed E-state index contributed by atoms with van der Waals surface area (Å²) in [5, 5.41) is 7.51. The van der Waals surface area contributed by atoms with Crippen LogP contribution in [0.3, 0.4) is 0 Å². The highest BCUT2D eigenvalue weighted by Gasteiger charge is 2.30. The van der Waals surface area contributed by atoms with Crippen LogP contribution in [-0.2, 0) is 7.05 Å². The molecule has 0 radical (unpaired) electrons. The average Bonchev–Trinajstić information content (AvgIpc) is 3.10. The zero-order valence-electron chi connectivity index (χ0n) is 17.4. The Morgan fingerprint density at radius 2 is 2.00 bits per heavy atom. The number of nitrogens with zero attached hydrogens (tertiary/aromatic N) is 4. The molecule has 1 atom stereocenters. The molecular formula is C21H29N5O3. The minimum absolute atomic E-state index is 0.104. The van der Waals surface area contributed by atoms with Crippen LogP contribution >= 0.6 is 0 Å². The van der Waals surface area contributed by atoms with Gasteiger partial charge >= 0.3 is 0 Å². The zero-order chi connectivity index (χ0) is 20.5. The molecule has 29 heavy (non-hydrogen) atoms. The van der Waals surface area contributed by atoms with Gasteiger partial charge in [0.05, 0.1) is 5.69 Å². The lowest BCUT2D eigenvalue weighted by molar-refractivity contribution is 0.0786. The fourth-order valence-electron chi connectivity index (χ4n) is 3.83. The van der Waals surface area contributed by atoms with Crippen molar-refractivity contribution in [2.45, 2.75) is 57.9 Å². The number of likely N-dealkylation sites (tertiary alicyclic amines) is 1. The van der Waals surface area contributed by atoms with E-state index < -0.39 is 6.04 Å². The molecule has 2 aromatic heterocycles. The van der Waals surface area contributed by atoms with Crippen molar-refractivity contribution in [2.75, 3.05) is 13.1 Å². The van der Waals surface area contributed by atoms with Gasteiger partial charge in [-0.3, -0.25) is 14.3 Å². The third-order valence-corrected chi connectivity index (χ3v) is 5.57. The summed E-state index contributed by atoms with van der Waals surface area (Å²) in [6.07, 6.45) is 6.39. The number of oxazole rings is 1. The van der Waals surface area contributed by atoms with E-state index in [1.807, 2.05) is 6.07 Å². The average molecular weight is 399 g/mol. The van der Waals surface area contributed by atoms with E-state index in [-0.39, 0.29) is 11.8 Å². The Morgan fingerprint density at radius 3 is 2.66 bits per heavy atom. The summed E-state index contributed by atoms with van der Waals surface area (Å²) in [6.45, 7) is 5.68. The lowest BCUT2D eigenvalue weighted by atomic mass is 10.0. The molecule has 1 N–H and O–H groups in total. The van der Waals surface area contributed by atoms with Crippen molar-refractivity contribution < 1.29 is 14.0 Å². The quantitative estimate of drug-likeness (QED) is 0.772. The monoisotopic (exact) mass is 399 g/mol. The van der Waals surface area contributed by atoms with Crippen LogP contribution in [0.5, 0.6) is 0 Å². The van der Waals surface area contributed by atoms with Gasteiger partial charge in [-0.1, -0.05) is 13.8 Å². The Hall–Kier alpha value is -2.64. The van der Waals surface area contributed by atoms with Crippen molar-refractivity contribution in [1.82, 2.24) is 25.0 Å². The number of hydrogen-bond donors (Lipinski definition) is 1. The predicted octanol–water partition coefficient (Wildman–Crippen LogP) is 3.04. The first-order chi connectivity index (χ1) is 13.9. The van der Waals surface area contributed by atoms with E-state index >= 15 is 0 Å². The molecule has 1 aliphatic heterocycles. The van der Waals surface area contributed by atoms with E-state index in [1.165, 1.54) is 6.26 Å². The molecule has 2 fully saturated rings. The van der Waals surface area contributed by atoms with E-state index in [0.29, 0.717) is 35.5 Å². The Morgan fingerprint density at radius 1 is 1.28 bits per heavy atom. The van der Waals surface area contributed by atoms with Crippen LogP contribution in [0.2, 0.25) is 0 Å². The second-order valence-electron chi connectivity index (χ2n) is 8.58. The van der Waals surface area contributed by atoms with Gasteiger partial charge in [0.25, 0.3) is 11.8 Å². The normalized spacial score (nSPS) is 17.7. The zero-order valence-corrected chi connectivity index (χ0v) is 17.4. The standard InChI is InChI=1S/C21H29N5O3/c1-13(2)10-16(20-23-17(12-29-20)21(28)26-8-4-5-9-26)22-19(27)18-11-15(14-6-7-14)24-25(18)3/h11-14,16H,4-10H2,1-3H3,(H,22,27)/t16-/m0/s1. The molecule has 3 heterocycles. The SMILES string of the molecule is CC(C)C[C@H](NC(=O)c1cc(C2CC2)nn1C)c1nc(C(=O)N2CCCC2)co1. The molecule has 156 valence electrons. The molecule has 0 unspecified atom stereocenters. The highest BCUT2D eigenvalue weighted by Crippen LogP contribution is 2.39. The van der Waals surface area contributed by atoms with Crippen LogP contribution in [-0.4, -0.2) is 44.6 Å². The Balaban J connectivity index is 1.50. The smallest absolute Gasteiger partial charge is 0.275 e. The summed E-state index contributed by atoms with van der Waals surface area (Å²) in [5.74, 6) is 0.869. The van der Waals surface area contributed by atoms with Gasteiger partial charge in [-0.25, -0.2) is 4.98 Å². The van der Waals surface area contributed by atoms with Crippen LogP contribution in [0, 0.1) is 5.92 Å². The number of hydrogen-bond acceptors (Lipinski definition) is 5. The maximum absolute atomic E-state index is 12.9. The number of aromatic nitrogens is 3. The Labute approximate surface area is 170 Å². The van der Waals surface area contributed by atoms with Gasteiger partial charge in [0.15, 0.2) is 5.69 Å². The molecule has 2 amide bonds. The summed E-state index contributed by atoms with van der Waals surface area (Å²) in [6, 6.07) is 1.47. The lowest BCUT2D eigenvalue weighted by Crippen LogP contribution is -2.31. The maximum Gasteiger partial charge on any atom is 0.275 e. The first-order valence-electron chi connectivity index (χ1n) is 10.5. The number of nitrogens with one attached hydrogen (secondary N) is 1. The summed E-state index contributed by atoms with van der Waals surface area (Å²) in [7, 11) is 1.79. The fourth-order valence-corrected chi connectivity index (χ4v) is 3.83. The van der Waals surface area contributed by atoms with Gasteiger partial charge in [-0.15, -0.1) is 0 Å². The lowest BCUT2D eigenvalue weighted by Gasteiger charge is -2.17. The molecule has 1 aliphatic carbocycles. The Bertz CT molecular complexity index is 890. The molecule has 0 bridgehead atoms. The van der Waals surface area contributed by atoms with E-state index in [4.69, 9.17) is 4.42 Å². The van der Waals surface area contributed by atoms with Crippen molar-refractivity contribution in [2.24, 2.45) is 13.0 Å². The maximum atomic E-state index is 12.9. The van der Waals surface area contributed by atoms with Gasteiger partial charge in [0.1, 0.15) is 18.0 Å². The molecule has 0 aromatic carbocycles. The number of carbonyl (C=O) groups is 2. The molecule has 1 saturated carbocycles. The summed E-state index contributed by atoms with van der Waals surface area (Å²) < 4.78 is 7.27. The van der Waals surface area contributed by atoms with E-state index in [1.54, 1.807) is 16.6 Å². The van der Waals surface area contributed by atoms with E-state index in [9.17, 15) is 9.59 Å². The highest BCUT2D eigenvalue weighted by atomic mass is 16.3. The minimum Gasteiger partial charge on any atom is -0.446 e. The molecular weight excluding hydrogens is 370 g/mol. The summed E-state index contributed by atoms with van der Waals surface area (Å²) in [5.41, 5.74) is 1.81. The third-order valence-electron chi connectivity index (χ3n) is 5.57. The minimum atomic E-state index is -0.401. The van der Waals surface area contributed by atoms with Crippen molar-refractivity contribution in [1.29, 1.82) is 0 Å². The van der Waals surface area contributed by atoms with Gasteiger partial charge in [0.2, 0.25) is 5.89 Å². The molecule has 1 saturated heterocycles. The van der Waals surface area contributed by atoms with Crippen LogP contribution < -0.4 is 5.32 Å². The third kappa shape index (κ3) is 4.36. The fraction of sp³-hybridized carbons (Fsp3) is 0.619. The second-order valence-corrected chi connectivity index (χ2v) is 8.58.